The minimum Gasteiger partial charge on any atom is -0.460 e. The first-order valence-electron chi connectivity index (χ1n) is 6.58. The zero-order chi connectivity index (χ0) is 13.0. The second-order valence-corrected chi connectivity index (χ2v) is 5.09. The summed E-state index contributed by atoms with van der Waals surface area (Å²) in [5, 5.41) is 5.13. The minimum absolute atomic E-state index is 0.568. The largest absolute Gasteiger partial charge is 0.460 e. The quantitative estimate of drug-likeness (QED) is 0.837. The van der Waals surface area contributed by atoms with Gasteiger partial charge in [0.05, 0.1) is 5.02 Å². The van der Waals surface area contributed by atoms with Gasteiger partial charge in [0.2, 0.25) is 0 Å². The summed E-state index contributed by atoms with van der Waals surface area (Å²) in [7, 11) is 2.02. The summed E-state index contributed by atoms with van der Waals surface area (Å²) in [4.78, 5) is 0. The molecule has 1 atom stereocenters. The number of benzene rings is 1. The predicted molar refractivity (Wildman–Crippen MR) is 77.3 cm³/mol. The molecule has 0 spiro atoms. The minimum atomic E-state index is 0.568. The number of rotatable bonds is 6. The topological polar surface area (TPSA) is 25.2 Å². The fourth-order valence-corrected chi connectivity index (χ4v) is 2.52. The number of halogens is 1. The van der Waals surface area contributed by atoms with Gasteiger partial charge in [-0.25, -0.2) is 0 Å². The van der Waals surface area contributed by atoms with Gasteiger partial charge in [0.1, 0.15) is 5.76 Å². The number of hydrogen-bond acceptors (Lipinski definition) is 2. The Morgan fingerprint density at radius 3 is 2.83 bits per heavy atom. The maximum Gasteiger partial charge on any atom is 0.152 e. The highest BCUT2D eigenvalue weighted by atomic mass is 35.5. The summed E-state index contributed by atoms with van der Waals surface area (Å²) < 4.78 is 5.81. The van der Waals surface area contributed by atoms with Crippen LogP contribution in [0.5, 0.6) is 0 Å². The van der Waals surface area contributed by atoms with Crippen LogP contribution in [-0.4, -0.2) is 13.1 Å². The van der Waals surface area contributed by atoms with E-state index >= 15 is 0 Å². The molecule has 2 aromatic rings. The van der Waals surface area contributed by atoms with E-state index in [0.29, 0.717) is 11.1 Å². The molecule has 0 radical (unpaired) electrons. The normalized spacial score (nSPS) is 13.1. The molecule has 3 heteroatoms. The Labute approximate surface area is 113 Å². The Bertz CT molecular complexity index is 506. The molecule has 98 valence electrons. The maximum absolute atomic E-state index is 6.10. The van der Waals surface area contributed by atoms with Crippen molar-refractivity contribution in [3.63, 3.8) is 0 Å². The van der Waals surface area contributed by atoms with E-state index in [0.717, 1.165) is 29.6 Å². The molecule has 0 amide bonds. The Hall–Kier alpha value is -0.990. The highest BCUT2D eigenvalue weighted by Gasteiger charge is 2.09. The van der Waals surface area contributed by atoms with E-state index in [4.69, 9.17) is 16.0 Å². The van der Waals surface area contributed by atoms with Crippen LogP contribution in [0.4, 0.5) is 0 Å². The summed E-state index contributed by atoms with van der Waals surface area (Å²) >= 11 is 6.10. The van der Waals surface area contributed by atoms with Crippen LogP contribution in [0.2, 0.25) is 5.02 Å². The van der Waals surface area contributed by atoms with E-state index in [1.807, 2.05) is 25.2 Å². The number of fused-ring (bicyclic) bond motifs is 1. The molecule has 0 aliphatic heterocycles. The van der Waals surface area contributed by atoms with Crippen LogP contribution in [-0.2, 0) is 6.42 Å². The third-order valence-corrected chi connectivity index (χ3v) is 3.63. The highest BCUT2D eigenvalue weighted by molar-refractivity contribution is 6.34. The van der Waals surface area contributed by atoms with Gasteiger partial charge in [0, 0.05) is 17.8 Å². The molecule has 1 heterocycles. The predicted octanol–water partition coefficient (Wildman–Crippen LogP) is 4.41. The van der Waals surface area contributed by atoms with Crippen LogP contribution in [0.3, 0.4) is 0 Å². The van der Waals surface area contributed by atoms with Gasteiger partial charge in [-0.05, 0) is 32.0 Å². The number of furan rings is 1. The third kappa shape index (κ3) is 3.06. The van der Waals surface area contributed by atoms with Crippen molar-refractivity contribution >= 4 is 22.6 Å². The van der Waals surface area contributed by atoms with Gasteiger partial charge in [-0.3, -0.25) is 0 Å². The molecule has 0 saturated heterocycles. The first-order valence-corrected chi connectivity index (χ1v) is 6.96. The van der Waals surface area contributed by atoms with E-state index in [9.17, 15) is 0 Å². The van der Waals surface area contributed by atoms with Crippen molar-refractivity contribution in [2.24, 2.45) is 0 Å². The SMILES string of the molecule is CCCC(CCc1cc2cccc(Cl)c2o1)NC. The van der Waals surface area contributed by atoms with Crippen LogP contribution in [0, 0.1) is 0 Å². The molecule has 2 nitrogen and oxygen atoms in total. The molecule has 1 N–H and O–H groups in total. The van der Waals surface area contributed by atoms with Crippen molar-refractivity contribution in [1.82, 2.24) is 5.32 Å². The standard InChI is InChI=1S/C15H20ClNO/c1-3-5-12(17-2)8-9-13-10-11-6-4-7-14(16)15(11)18-13/h4,6-7,10,12,17H,3,5,8-9H2,1-2H3. The van der Waals surface area contributed by atoms with E-state index in [1.54, 1.807) is 0 Å². The van der Waals surface area contributed by atoms with Crippen molar-refractivity contribution in [3.05, 3.63) is 35.0 Å². The molecule has 0 aliphatic rings. The lowest BCUT2D eigenvalue weighted by Gasteiger charge is -2.13. The third-order valence-electron chi connectivity index (χ3n) is 3.33. The molecular formula is C15H20ClNO. The summed E-state index contributed by atoms with van der Waals surface area (Å²) in [6, 6.07) is 8.52. The average Bonchev–Trinajstić information content (AvgIpc) is 2.79. The van der Waals surface area contributed by atoms with Crippen LogP contribution >= 0.6 is 11.6 Å². The van der Waals surface area contributed by atoms with Crippen molar-refractivity contribution in [2.45, 2.75) is 38.6 Å². The molecule has 1 unspecified atom stereocenters. The fraction of sp³-hybridized carbons (Fsp3) is 0.467. The van der Waals surface area contributed by atoms with E-state index in [1.165, 1.54) is 12.8 Å². The van der Waals surface area contributed by atoms with E-state index < -0.39 is 0 Å². The van der Waals surface area contributed by atoms with Gasteiger partial charge in [0.25, 0.3) is 0 Å². The molecule has 18 heavy (non-hydrogen) atoms. The Morgan fingerprint density at radius 1 is 1.33 bits per heavy atom. The van der Waals surface area contributed by atoms with E-state index in [2.05, 4.69) is 18.3 Å². The van der Waals surface area contributed by atoms with Gasteiger partial charge in [-0.1, -0.05) is 37.1 Å². The van der Waals surface area contributed by atoms with Crippen molar-refractivity contribution in [1.29, 1.82) is 0 Å². The Balaban J connectivity index is 2.06. The molecule has 0 fully saturated rings. The molecule has 2 rings (SSSR count). The molecule has 0 bridgehead atoms. The van der Waals surface area contributed by atoms with Gasteiger partial charge in [-0.15, -0.1) is 0 Å². The van der Waals surface area contributed by atoms with Gasteiger partial charge in [0.15, 0.2) is 5.58 Å². The van der Waals surface area contributed by atoms with Crippen molar-refractivity contribution < 1.29 is 4.42 Å². The van der Waals surface area contributed by atoms with Crippen LogP contribution in [0.1, 0.15) is 31.9 Å². The Kier molecular flexibility index (Phi) is 4.67. The lowest BCUT2D eigenvalue weighted by Crippen LogP contribution is -2.25. The smallest absolute Gasteiger partial charge is 0.152 e. The van der Waals surface area contributed by atoms with Crippen molar-refractivity contribution in [3.8, 4) is 0 Å². The van der Waals surface area contributed by atoms with E-state index in [-0.39, 0.29) is 0 Å². The summed E-state index contributed by atoms with van der Waals surface area (Å²) in [6.07, 6.45) is 4.47. The molecular weight excluding hydrogens is 246 g/mol. The van der Waals surface area contributed by atoms with Gasteiger partial charge < -0.3 is 9.73 Å². The zero-order valence-corrected chi connectivity index (χ0v) is 11.8. The van der Waals surface area contributed by atoms with Crippen molar-refractivity contribution in [2.75, 3.05) is 7.05 Å². The second kappa shape index (κ2) is 6.26. The fourth-order valence-electron chi connectivity index (χ4n) is 2.30. The summed E-state index contributed by atoms with van der Waals surface area (Å²) in [5.74, 6) is 1.02. The van der Waals surface area contributed by atoms with Gasteiger partial charge in [-0.2, -0.15) is 0 Å². The lowest BCUT2D eigenvalue weighted by atomic mass is 10.1. The highest BCUT2D eigenvalue weighted by Crippen LogP contribution is 2.27. The molecule has 1 aromatic carbocycles. The first-order chi connectivity index (χ1) is 8.74. The average molecular weight is 266 g/mol. The molecule has 0 saturated carbocycles. The second-order valence-electron chi connectivity index (χ2n) is 4.68. The van der Waals surface area contributed by atoms with Crippen LogP contribution < -0.4 is 5.32 Å². The lowest BCUT2D eigenvalue weighted by molar-refractivity contribution is 0.454. The monoisotopic (exact) mass is 265 g/mol. The number of aryl methyl sites for hydroxylation is 1. The number of nitrogens with one attached hydrogen (secondary N) is 1. The first kappa shape index (κ1) is 13.4. The maximum atomic E-state index is 6.10. The number of para-hydroxylation sites is 1. The van der Waals surface area contributed by atoms with Crippen LogP contribution in [0.25, 0.3) is 11.0 Å². The zero-order valence-electron chi connectivity index (χ0n) is 11.0. The molecule has 0 aliphatic carbocycles. The summed E-state index contributed by atoms with van der Waals surface area (Å²) in [5.41, 5.74) is 0.811. The Morgan fingerprint density at radius 2 is 2.17 bits per heavy atom. The number of hydrogen-bond donors (Lipinski definition) is 1. The van der Waals surface area contributed by atoms with Crippen LogP contribution in [0.15, 0.2) is 28.7 Å². The summed E-state index contributed by atoms with van der Waals surface area (Å²) in [6.45, 7) is 2.21. The molecule has 1 aromatic heterocycles. The van der Waals surface area contributed by atoms with Gasteiger partial charge >= 0.3 is 0 Å².